The van der Waals surface area contributed by atoms with Gasteiger partial charge in [-0.2, -0.15) is 0 Å². The summed E-state index contributed by atoms with van der Waals surface area (Å²) in [6, 6.07) is 12.0. The lowest BCUT2D eigenvalue weighted by molar-refractivity contribution is 0.101. The first-order chi connectivity index (χ1) is 13.3. The monoisotopic (exact) mass is 361 g/mol. The van der Waals surface area contributed by atoms with Crippen molar-refractivity contribution in [2.45, 2.75) is 0 Å². The number of aromatic nitrogens is 4. The minimum absolute atomic E-state index is 0.110. The molecule has 0 atom stereocenters. The molecule has 0 bridgehead atoms. The first kappa shape index (κ1) is 16.9. The topological polar surface area (TPSA) is 87.1 Å². The number of benzene rings is 1. The van der Waals surface area contributed by atoms with Crippen LogP contribution in [0.1, 0.15) is 10.6 Å². The molecular weight excluding hydrogens is 342 g/mol. The van der Waals surface area contributed by atoms with E-state index in [0.717, 1.165) is 26.2 Å². The molecule has 1 amide bonds. The zero-order chi connectivity index (χ0) is 18.5. The van der Waals surface area contributed by atoms with Crippen LogP contribution in [-0.2, 0) is 0 Å². The van der Waals surface area contributed by atoms with E-state index in [1.54, 1.807) is 18.5 Å². The number of nitrogens with one attached hydrogen (secondary N) is 1. The molecule has 0 saturated carbocycles. The van der Waals surface area contributed by atoms with Crippen LogP contribution >= 0.6 is 0 Å². The van der Waals surface area contributed by atoms with Crippen LogP contribution in [0, 0.1) is 0 Å². The summed E-state index contributed by atoms with van der Waals surface area (Å²) in [7, 11) is 0. The molecule has 27 heavy (non-hydrogen) atoms. The first-order valence-electron chi connectivity index (χ1n) is 8.75. The van der Waals surface area contributed by atoms with Gasteiger partial charge < -0.3 is 15.1 Å². The van der Waals surface area contributed by atoms with E-state index in [1.807, 2.05) is 6.07 Å². The molecule has 1 aliphatic rings. The normalized spacial score (nSPS) is 14.1. The van der Waals surface area contributed by atoms with Gasteiger partial charge >= 0.3 is 0 Å². The van der Waals surface area contributed by atoms with Gasteiger partial charge in [-0.1, -0.05) is 18.2 Å². The Morgan fingerprint density at radius 2 is 1.44 bits per heavy atom. The number of piperazine rings is 1. The fourth-order valence-corrected chi connectivity index (χ4v) is 2.96. The highest BCUT2D eigenvalue weighted by atomic mass is 16.2. The van der Waals surface area contributed by atoms with Gasteiger partial charge in [0.1, 0.15) is 0 Å². The van der Waals surface area contributed by atoms with Gasteiger partial charge in [0.15, 0.2) is 0 Å². The van der Waals surface area contributed by atoms with Crippen molar-refractivity contribution in [3.05, 3.63) is 67.0 Å². The predicted molar refractivity (Wildman–Crippen MR) is 103 cm³/mol. The predicted octanol–water partition coefficient (Wildman–Crippen LogP) is 1.85. The third-order valence-corrected chi connectivity index (χ3v) is 4.35. The van der Waals surface area contributed by atoms with E-state index < -0.39 is 0 Å². The van der Waals surface area contributed by atoms with Crippen LogP contribution in [0.2, 0.25) is 0 Å². The molecule has 4 rings (SSSR count). The molecule has 0 unspecified atom stereocenters. The highest BCUT2D eigenvalue weighted by Crippen LogP contribution is 2.18. The van der Waals surface area contributed by atoms with Crippen molar-refractivity contribution in [1.29, 1.82) is 0 Å². The molecule has 0 spiro atoms. The standard InChI is InChI=1S/C19H19N7O/c27-18(17-20-7-4-8-21-17)24-15-13-22-19(23-14-15)26-11-9-25(10-12-26)16-5-2-1-3-6-16/h1-8,13-14H,9-12H2,(H,24,27). The number of amides is 1. The molecule has 2 aromatic heterocycles. The third kappa shape index (κ3) is 4.00. The van der Waals surface area contributed by atoms with Crippen LogP contribution in [0.15, 0.2) is 61.2 Å². The quantitative estimate of drug-likeness (QED) is 0.759. The lowest BCUT2D eigenvalue weighted by atomic mass is 10.2. The van der Waals surface area contributed by atoms with E-state index in [9.17, 15) is 4.79 Å². The molecule has 1 N–H and O–H groups in total. The molecule has 1 fully saturated rings. The van der Waals surface area contributed by atoms with Crippen molar-refractivity contribution in [1.82, 2.24) is 19.9 Å². The fourth-order valence-electron chi connectivity index (χ4n) is 2.96. The number of anilines is 3. The lowest BCUT2D eigenvalue weighted by Crippen LogP contribution is -2.47. The van der Waals surface area contributed by atoms with Gasteiger partial charge in [0.25, 0.3) is 5.91 Å². The molecule has 136 valence electrons. The summed E-state index contributed by atoms with van der Waals surface area (Å²) in [5, 5.41) is 2.70. The van der Waals surface area contributed by atoms with E-state index >= 15 is 0 Å². The number of carbonyl (C=O) groups excluding carboxylic acids is 1. The minimum atomic E-state index is -0.386. The van der Waals surface area contributed by atoms with E-state index in [1.165, 1.54) is 18.1 Å². The smallest absolute Gasteiger partial charge is 0.293 e. The molecule has 1 saturated heterocycles. The van der Waals surface area contributed by atoms with Crippen molar-refractivity contribution in [3.63, 3.8) is 0 Å². The van der Waals surface area contributed by atoms with Crippen molar-refractivity contribution in [3.8, 4) is 0 Å². The van der Waals surface area contributed by atoms with Crippen LogP contribution in [0.4, 0.5) is 17.3 Å². The summed E-state index contributed by atoms with van der Waals surface area (Å²) in [6.07, 6.45) is 6.26. The van der Waals surface area contributed by atoms with E-state index in [2.05, 4.69) is 59.3 Å². The number of hydrogen-bond donors (Lipinski definition) is 1. The van der Waals surface area contributed by atoms with Gasteiger partial charge in [-0.25, -0.2) is 19.9 Å². The van der Waals surface area contributed by atoms with Crippen LogP contribution in [0.5, 0.6) is 0 Å². The molecule has 3 aromatic rings. The zero-order valence-electron chi connectivity index (χ0n) is 14.7. The Morgan fingerprint density at radius 3 is 2.11 bits per heavy atom. The molecule has 0 aliphatic carbocycles. The lowest BCUT2D eigenvalue weighted by Gasteiger charge is -2.36. The summed E-state index contributed by atoms with van der Waals surface area (Å²) in [5.41, 5.74) is 1.75. The minimum Gasteiger partial charge on any atom is -0.368 e. The van der Waals surface area contributed by atoms with Crippen LogP contribution in [0.3, 0.4) is 0 Å². The van der Waals surface area contributed by atoms with Crippen LogP contribution in [-0.4, -0.2) is 52.0 Å². The van der Waals surface area contributed by atoms with Gasteiger partial charge in [0.2, 0.25) is 11.8 Å². The summed E-state index contributed by atoms with van der Waals surface area (Å²) in [6.45, 7) is 3.52. The summed E-state index contributed by atoms with van der Waals surface area (Å²) >= 11 is 0. The molecule has 8 heteroatoms. The molecular formula is C19H19N7O. The zero-order valence-corrected chi connectivity index (χ0v) is 14.7. The molecule has 8 nitrogen and oxygen atoms in total. The largest absolute Gasteiger partial charge is 0.368 e. The second-order valence-corrected chi connectivity index (χ2v) is 6.11. The number of carbonyl (C=O) groups is 1. The summed E-state index contributed by atoms with van der Waals surface area (Å²) in [5.74, 6) is 0.388. The molecule has 3 heterocycles. The Labute approximate surface area is 156 Å². The van der Waals surface area contributed by atoms with Crippen LogP contribution < -0.4 is 15.1 Å². The molecule has 1 aliphatic heterocycles. The number of nitrogens with zero attached hydrogens (tertiary/aromatic N) is 6. The molecule has 0 radical (unpaired) electrons. The number of rotatable bonds is 4. The maximum Gasteiger partial charge on any atom is 0.293 e. The highest BCUT2D eigenvalue weighted by Gasteiger charge is 2.19. The van der Waals surface area contributed by atoms with Gasteiger partial charge in [-0.05, 0) is 18.2 Å². The summed E-state index contributed by atoms with van der Waals surface area (Å²) < 4.78 is 0. The Kier molecular flexibility index (Phi) is 4.86. The fraction of sp³-hybridized carbons (Fsp3) is 0.211. The maximum absolute atomic E-state index is 12.1. The van der Waals surface area contributed by atoms with Gasteiger partial charge in [-0.15, -0.1) is 0 Å². The SMILES string of the molecule is O=C(Nc1cnc(N2CCN(c3ccccc3)CC2)nc1)c1ncccn1. The average molecular weight is 361 g/mol. The average Bonchev–Trinajstić information content (AvgIpc) is 2.76. The van der Waals surface area contributed by atoms with Gasteiger partial charge in [0, 0.05) is 44.3 Å². The summed E-state index contributed by atoms with van der Waals surface area (Å²) in [4.78, 5) is 33.2. The third-order valence-electron chi connectivity index (χ3n) is 4.35. The number of hydrogen-bond acceptors (Lipinski definition) is 7. The van der Waals surface area contributed by atoms with Crippen molar-refractivity contribution in [2.24, 2.45) is 0 Å². The van der Waals surface area contributed by atoms with E-state index in [4.69, 9.17) is 0 Å². The Bertz CT molecular complexity index is 879. The Balaban J connectivity index is 1.35. The van der Waals surface area contributed by atoms with E-state index in [-0.39, 0.29) is 11.7 Å². The van der Waals surface area contributed by atoms with E-state index in [0.29, 0.717) is 11.6 Å². The Hall–Kier alpha value is -3.55. The molecule has 1 aromatic carbocycles. The second-order valence-electron chi connectivity index (χ2n) is 6.11. The Morgan fingerprint density at radius 1 is 0.815 bits per heavy atom. The maximum atomic E-state index is 12.1. The van der Waals surface area contributed by atoms with Crippen molar-refractivity contribution in [2.75, 3.05) is 41.3 Å². The number of para-hydroxylation sites is 1. The van der Waals surface area contributed by atoms with Crippen molar-refractivity contribution >= 4 is 23.2 Å². The van der Waals surface area contributed by atoms with Crippen LogP contribution in [0.25, 0.3) is 0 Å². The highest BCUT2D eigenvalue weighted by molar-refractivity contribution is 6.01. The second kappa shape index (κ2) is 7.77. The van der Waals surface area contributed by atoms with Gasteiger partial charge in [0.05, 0.1) is 18.1 Å². The van der Waals surface area contributed by atoms with Gasteiger partial charge in [-0.3, -0.25) is 4.79 Å². The van der Waals surface area contributed by atoms with Crippen molar-refractivity contribution < 1.29 is 4.79 Å². The first-order valence-corrected chi connectivity index (χ1v) is 8.75.